The molecular formula is C20H16Cl2N2O. The van der Waals surface area contributed by atoms with E-state index in [1.54, 1.807) is 6.92 Å². The number of halogens is 2. The summed E-state index contributed by atoms with van der Waals surface area (Å²) in [5.74, 6) is 0.0646. The molecule has 5 heteroatoms. The second-order valence-corrected chi connectivity index (χ2v) is 6.97. The summed E-state index contributed by atoms with van der Waals surface area (Å²) in [5.41, 5.74) is 4.78. The van der Waals surface area contributed by atoms with Gasteiger partial charge >= 0.3 is 0 Å². The zero-order chi connectivity index (χ0) is 17.6. The first-order chi connectivity index (χ1) is 12.1. The molecule has 0 radical (unpaired) electrons. The molecule has 0 aliphatic carbocycles. The third kappa shape index (κ3) is 2.78. The predicted molar refractivity (Wildman–Crippen MR) is 101 cm³/mol. The first-order valence-corrected chi connectivity index (χ1v) is 8.80. The van der Waals surface area contributed by atoms with E-state index in [1.807, 2.05) is 48.7 Å². The van der Waals surface area contributed by atoms with Crippen LogP contribution in [0.3, 0.4) is 0 Å². The van der Waals surface area contributed by atoms with Crippen molar-refractivity contribution in [3.05, 3.63) is 87.2 Å². The molecule has 3 nitrogen and oxygen atoms in total. The van der Waals surface area contributed by atoms with Crippen LogP contribution in [0.1, 0.15) is 40.1 Å². The molecule has 1 aliphatic rings. The molecule has 0 amide bonds. The number of nitrogens with zero attached hydrogens (tertiary/aromatic N) is 1. The van der Waals surface area contributed by atoms with Gasteiger partial charge in [-0.3, -0.25) is 4.79 Å². The van der Waals surface area contributed by atoms with E-state index >= 15 is 0 Å². The Kier molecular flexibility index (Phi) is 4.16. The Balaban J connectivity index is 1.84. The van der Waals surface area contributed by atoms with Crippen molar-refractivity contribution in [1.29, 1.82) is 0 Å². The molecule has 1 N–H and O–H groups in total. The zero-order valence-corrected chi connectivity index (χ0v) is 15.1. The Morgan fingerprint density at radius 1 is 1.08 bits per heavy atom. The summed E-state index contributed by atoms with van der Waals surface area (Å²) in [6.45, 7) is 2.18. The number of aromatic nitrogens is 1. The van der Waals surface area contributed by atoms with Crippen molar-refractivity contribution >= 4 is 29.0 Å². The number of hydrogen-bond donors (Lipinski definition) is 1. The molecule has 2 aromatic carbocycles. The van der Waals surface area contributed by atoms with Crippen LogP contribution in [-0.4, -0.2) is 10.4 Å². The molecule has 2 heterocycles. The molecule has 0 spiro atoms. The maximum absolute atomic E-state index is 11.5. The summed E-state index contributed by atoms with van der Waals surface area (Å²) in [6, 6.07) is 15.4. The van der Waals surface area contributed by atoms with Crippen molar-refractivity contribution in [2.45, 2.75) is 19.5 Å². The molecule has 25 heavy (non-hydrogen) atoms. The van der Waals surface area contributed by atoms with Gasteiger partial charge in [0.25, 0.3) is 0 Å². The molecule has 1 aromatic heterocycles. The lowest BCUT2D eigenvalue weighted by Crippen LogP contribution is -2.21. The maximum Gasteiger partial charge on any atom is 0.159 e. The molecular weight excluding hydrogens is 355 g/mol. The Morgan fingerprint density at radius 2 is 1.80 bits per heavy atom. The molecule has 1 aliphatic heterocycles. The normalized spacial score (nSPS) is 16.0. The second kappa shape index (κ2) is 6.34. The molecule has 1 atom stereocenters. The lowest BCUT2D eigenvalue weighted by molar-refractivity contribution is 0.101. The van der Waals surface area contributed by atoms with Gasteiger partial charge in [0.15, 0.2) is 5.78 Å². The van der Waals surface area contributed by atoms with Crippen LogP contribution in [0.4, 0.5) is 0 Å². The number of fused-ring (bicyclic) bond motifs is 3. The average Bonchev–Trinajstić information content (AvgIpc) is 3.01. The molecule has 3 aromatic rings. The van der Waals surface area contributed by atoms with Gasteiger partial charge in [-0.25, -0.2) is 0 Å². The Morgan fingerprint density at radius 3 is 2.52 bits per heavy atom. The number of carbonyl (C=O) groups excluding carboxylic acids is 1. The van der Waals surface area contributed by atoms with Gasteiger partial charge < -0.3 is 9.88 Å². The summed E-state index contributed by atoms with van der Waals surface area (Å²) in [7, 11) is 0. The molecule has 1 unspecified atom stereocenters. The van der Waals surface area contributed by atoms with Crippen molar-refractivity contribution in [2.75, 3.05) is 0 Å². The van der Waals surface area contributed by atoms with Crippen LogP contribution in [0.2, 0.25) is 10.0 Å². The second-order valence-electron chi connectivity index (χ2n) is 6.15. The molecule has 126 valence electrons. The van der Waals surface area contributed by atoms with Gasteiger partial charge in [-0.2, -0.15) is 0 Å². The largest absolute Gasteiger partial charge is 0.317 e. The van der Waals surface area contributed by atoms with Crippen molar-refractivity contribution in [3.8, 4) is 5.69 Å². The number of ketones is 1. The van der Waals surface area contributed by atoms with E-state index in [0.29, 0.717) is 22.2 Å². The monoisotopic (exact) mass is 370 g/mol. The van der Waals surface area contributed by atoms with Gasteiger partial charge in [0.1, 0.15) is 0 Å². The highest BCUT2D eigenvalue weighted by Crippen LogP contribution is 2.37. The van der Waals surface area contributed by atoms with Crippen molar-refractivity contribution in [2.24, 2.45) is 0 Å². The van der Waals surface area contributed by atoms with Crippen LogP contribution in [0.15, 0.2) is 54.7 Å². The topological polar surface area (TPSA) is 34.0 Å². The van der Waals surface area contributed by atoms with Gasteiger partial charge in [-0.1, -0.05) is 47.5 Å². The highest BCUT2D eigenvalue weighted by molar-refractivity contribution is 6.35. The highest BCUT2D eigenvalue weighted by Gasteiger charge is 2.25. The third-order valence-electron chi connectivity index (χ3n) is 4.63. The Labute approximate surface area is 156 Å². The summed E-state index contributed by atoms with van der Waals surface area (Å²) in [5, 5.41) is 4.93. The fourth-order valence-electron chi connectivity index (χ4n) is 3.35. The summed E-state index contributed by atoms with van der Waals surface area (Å²) >= 11 is 12.9. The van der Waals surface area contributed by atoms with Crippen molar-refractivity contribution in [1.82, 2.24) is 9.88 Å². The Bertz CT molecular complexity index is 960. The van der Waals surface area contributed by atoms with Crippen LogP contribution < -0.4 is 5.32 Å². The van der Waals surface area contributed by atoms with Crippen LogP contribution in [0.5, 0.6) is 0 Å². The molecule has 4 rings (SSSR count). The van der Waals surface area contributed by atoms with Gasteiger partial charge in [0, 0.05) is 34.6 Å². The van der Waals surface area contributed by atoms with E-state index in [-0.39, 0.29) is 11.8 Å². The number of rotatable bonds is 2. The van der Waals surface area contributed by atoms with Crippen LogP contribution in [-0.2, 0) is 6.54 Å². The smallest absolute Gasteiger partial charge is 0.159 e. The number of carbonyl (C=O) groups is 1. The summed E-state index contributed by atoms with van der Waals surface area (Å²) in [4.78, 5) is 11.5. The molecule has 0 bridgehead atoms. The van der Waals surface area contributed by atoms with Gasteiger partial charge in [0.05, 0.1) is 16.8 Å². The number of nitrogens with one attached hydrogen (secondary N) is 1. The minimum Gasteiger partial charge on any atom is -0.317 e. The minimum absolute atomic E-state index is 0.0180. The number of Topliss-reactive ketones (excluding diaryl/α,β-unsaturated/α-hetero) is 1. The minimum atomic E-state index is -0.0180. The van der Waals surface area contributed by atoms with E-state index in [2.05, 4.69) is 16.0 Å². The third-order valence-corrected chi connectivity index (χ3v) is 5.29. The molecule has 0 saturated heterocycles. The summed E-state index contributed by atoms with van der Waals surface area (Å²) < 4.78 is 2.09. The predicted octanol–water partition coefficient (Wildman–Crippen LogP) is 5.18. The van der Waals surface area contributed by atoms with Crippen LogP contribution in [0.25, 0.3) is 5.69 Å². The van der Waals surface area contributed by atoms with Gasteiger partial charge in [0.2, 0.25) is 0 Å². The molecule has 0 fully saturated rings. The van der Waals surface area contributed by atoms with Crippen molar-refractivity contribution < 1.29 is 4.79 Å². The lowest BCUT2D eigenvalue weighted by atomic mass is 10.0. The number of hydrogen-bond acceptors (Lipinski definition) is 2. The van der Waals surface area contributed by atoms with Crippen LogP contribution in [0, 0.1) is 0 Å². The van der Waals surface area contributed by atoms with E-state index < -0.39 is 0 Å². The fourth-order valence-corrected chi connectivity index (χ4v) is 3.84. The Hall–Kier alpha value is -2.07. The van der Waals surface area contributed by atoms with Gasteiger partial charge in [-0.15, -0.1) is 0 Å². The standard InChI is InChI=1S/C20H16Cl2N2O/c1-12(25)13-4-6-14(7-5-13)19-18-3-2-10-24(18)20-15(11-23-19)16(21)8-9-17(20)22/h2-10,19,23H,11H2,1H3. The summed E-state index contributed by atoms with van der Waals surface area (Å²) in [6.07, 6.45) is 2.00. The lowest BCUT2D eigenvalue weighted by Gasteiger charge is -2.18. The highest BCUT2D eigenvalue weighted by atomic mass is 35.5. The van der Waals surface area contributed by atoms with Crippen molar-refractivity contribution in [3.63, 3.8) is 0 Å². The first kappa shape index (κ1) is 16.4. The fraction of sp³-hybridized carbons (Fsp3) is 0.150. The first-order valence-electron chi connectivity index (χ1n) is 8.05. The van der Waals surface area contributed by atoms with Crippen LogP contribution >= 0.6 is 23.2 Å². The number of benzene rings is 2. The van der Waals surface area contributed by atoms with E-state index in [0.717, 1.165) is 22.5 Å². The SMILES string of the molecule is CC(=O)c1ccc(C2NCc3c(Cl)ccc(Cl)c3-n3cccc32)cc1. The van der Waals surface area contributed by atoms with E-state index in [1.165, 1.54) is 0 Å². The van der Waals surface area contributed by atoms with Gasteiger partial charge in [-0.05, 0) is 36.8 Å². The molecule has 0 saturated carbocycles. The average molecular weight is 371 g/mol. The zero-order valence-electron chi connectivity index (χ0n) is 13.6. The maximum atomic E-state index is 11.5. The quantitative estimate of drug-likeness (QED) is 0.630. The van der Waals surface area contributed by atoms with E-state index in [9.17, 15) is 4.79 Å². The van der Waals surface area contributed by atoms with E-state index in [4.69, 9.17) is 23.2 Å².